The summed E-state index contributed by atoms with van der Waals surface area (Å²) in [6.07, 6.45) is 8.05. The number of nitrogens with zero attached hydrogens (tertiary/aromatic N) is 1. The molecule has 0 aliphatic rings. The molecule has 0 spiro atoms. The molecule has 0 aliphatic heterocycles. The summed E-state index contributed by atoms with van der Waals surface area (Å²) in [4.78, 5) is 4.18. The number of halogens is 2. The molecule has 2 aromatic rings. The van der Waals surface area contributed by atoms with E-state index < -0.39 is 6.10 Å². The zero-order valence-electron chi connectivity index (χ0n) is 17.8. The van der Waals surface area contributed by atoms with Gasteiger partial charge in [0.1, 0.15) is 5.75 Å². The molecule has 172 valence electrons. The van der Waals surface area contributed by atoms with Gasteiger partial charge in [-0.15, -0.1) is 0 Å². The van der Waals surface area contributed by atoms with Crippen molar-refractivity contribution in [1.29, 1.82) is 0 Å². The maximum Gasteiger partial charge on any atom is 0.137 e. The van der Waals surface area contributed by atoms with Crippen LogP contribution in [0.25, 0.3) is 0 Å². The molecule has 0 aliphatic carbocycles. The average molecular weight is 470 g/mol. The highest BCUT2D eigenvalue weighted by Gasteiger charge is 2.11. The molecule has 1 aromatic heterocycles. The van der Waals surface area contributed by atoms with Crippen molar-refractivity contribution in [3.63, 3.8) is 0 Å². The highest BCUT2D eigenvalue weighted by atomic mass is 35.5. The van der Waals surface area contributed by atoms with Crippen LogP contribution in [0.5, 0.6) is 5.75 Å². The number of aliphatic hydroxyl groups excluding tert-OH is 1. The van der Waals surface area contributed by atoms with E-state index in [1.54, 1.807) is 30.5 Å². The van der Waals surface area contributed by atoms with Gasteiger partial charge in [-0.25, -0.2) is 0 Å². The van der Waals surface area contributed by atoms with Gasteiger partial charge in [0.15, 0.2) is 0 Å². The van der Waals surface area contributed by atoms with E-state index in [4.69, 9.17) is 33.7 Å². The third-order valence-corrected chi connectivity index (χ3v) is 5.66. The molecule has 6 nitrogen and oxygen atoms in total. The van der Waals surface area contributed by atoms with Gasteiger partial charge < -0.3 is 26.0 Å². The molecule has 0 saturated carbocycles. The zero-order valence-corrected chi connectivity index (χ0v) is 19.3. The Bertz CT molecular complexity index is 769. The monoisotopic (exact) mass is 469 g/mol. The number of ether oxygens (including phenoxy) is 1. The Morgan fingerprint density at radius 1 is 1.03 bits per heavy atom. The summed E-state index contributed by atoms with van der Waals surface area (Å²) < 4.78 is 5.68. The SMILES string of the molecule is Nc1c(Cl)cc(C(O)CNCCCCCCOCCCCc2ncccc2O)cc1Cl. The van der Waals surface area contributed by atoms with Crippen LogP contribution in [0.4, 0.5) is 5.69 Å². The van der Waals surface area contributed by atoms with Gasteiger partial charge in [0, 0.05) is 26.0 Å². The summed E-state index contributed by atoms with van der Waals surface area (Å²) in [6, 6.07) is 6.70. The Balaban J connectivity index is 1.41. The molecular weight excluding hydrogens is 437 g/mol. The molecule has 0 saturated heterocycles. The minimum absolute atomic E-state index is 0.270. The molecule has 2 rings (SSSR count). The maximum atomic E-state index is 10.2. The number of aromatic nitrogens is 1. The first-order chi connectivity index (χ1) is 15.0. The van der Waals surface area contributed by atoms with Gasteiger partial charge in [-0.05, 0) is 68.5 Å². The molecule has 31 heavy (non-hydrogen) atoms. The number of nitrogens with one attached hydrogen (secondary N) is 1. The van der Waals surface area contributed by atoms with Crippen LogP contribution in [-0.2, 0) is 11.2 Å². The van der Waals surface area contributed by atoms with Gasteiger partial charge in [-0.1, -0.05) is 36.0 Å². The van der Waals surface area contributed by atoms with Crippen LogP contribution in [0.15, 0.2) is 30.5 Å². The first-order valence-corrected chi connectivity index (χ1v) is 11.6. The molecule has 1 aromatic carbocycles. The number of aliphatic hydroxyl groups is 1. The van der Waals surface area contributed by atoms with Crippen molar-refractivity contribution in [1.82, 2.24) is 10.3 Å². The fraction of sp³-hybridized carbons (Fsp3) is 0.522. The Morgan fingerprint density at radius 2 is 1.71 bits per heavy atom. The average Bonchev–Trinajstić information content (AvgIpc) is 2.75. The van der Waals surface area contributed by atoms with E-state index in [-0.39, 0.29) is 5.75 Å². The first-order valence-electron chi connectivity index (χ1n) is 10.8. The summed E-state index contributed by atoms with van der Waals surface area (Å²) in [7, 11) is 0. The number of nitrogen functional groups attached to an aromatic ring is 1. The number of aromatic hydroxyl groups is 1. The molecule has 5 N–H and O–H groups in total. The Kier molecular flexibility index (Phi) is 12.0. The number of hydrogen-bond acceptors (Lipinski definition) is 6. The van der Waals surface area contributed by atoms with E-state index in [2.05, 4.69) is 10.3 Å². The van der Waals surface area contributed by atoms with Gasteiger partial charge in [0.25, 0.3) is 0 Å². The Labute approximate surface area is 194 Å². The smallest absolute Gasteiger partial charge is 0.137 e. The number of rotatable bonds is 15. The second-order valence-corrected chi connectivity index (χ2v) is 8.39. The lowest BCUT2D eigenvalue weighted by Crippen LogP contribution is -2.22. The summed E-state index contributed by atoms with van der Waals surface area (Å²) in [5.41, 5.74) is 7.46. The van der Waals surface area contributed by atoms with Crippen molar-refractivity contribution in [2.45, 2.75) is 51.0 Å². The molecule has 1 unspecified atom stereocenters. The Morgan fingerprint density at radius 3 is 2.42 bits per heavy atom. The van der Waals surface area contributed by atoms with E-state index in [9.17, 15) is 10.2 Å². The number of pyridine rings is 1. The van der Waals surface area contributed by atoms with Crippen molar-refractivity contribution in [2.24, 2.45) is 0 Å². The third-order valence-electron chi connectivity index (χ3n) is 5.03. The standard InChI is InChI=1S/C23H33Cl2N3O3/c24-18-14-17(15-19(25)23(18)26)22(30)16-27-10-4-1-2-5-12-31-13-6-3-8-20-21(29)9-7-11-28-20/h7,9,11,14-15,22,27,29-30H,1-6,8,10,12-13,16,26H2. The third kappa shape index (κ3) is 9.62. The number of hydrogen-bond donors (Lipinski definition) is 4. The molecule has 0 bridgehead atoms. The summed E-state index contributed by atoms with van der Waals surface area (Å²) in [5, 5.41) is 23.9. The van der Waals surface area contributed by atoms with E-state index in [1.807, 2.05) is 0 Å². The number of benzene rings is 1. The van der Waals surface area contributed by atoms with Crippen LogP contribution in [0.2, 0.25) is 10.0 Å². The van der Waals surface area contributed by atoms with Gasteiger partial charge in [-0.3, -0.25) is 4.98 Å². The van der Waals surface area contributed by atoms with Crippen molar-refractivity contribution < 1.29 is 14.9 Å². The minimum atomic E-state index is -0.675. The fourth-order valence-corrected chi connectivity index (χ4v) is 3.69. The lowest BCUT2D eigenvalue weighted by molar-refractivity contribution is 0.126. The van der Waals surface area contributed by atoms with E-state index in [0.29, 0.717) is 27.8 Å². The van der Waals surface area contributed by atoms with Crippen LogP contribution >= 0.6 is 23.2 Å². The summed E-state index contributed by atoms with van der Waals surface area (Å²) in [6.45, 7) is 2.80. The van der Waals surface area contributed by atoms with Crippen LogP contribution in [0.3, 0.4) is 0 Å². The normalized spacial score (nSPS) is 12.2. The largest absolute Gasteiger partial charge is 0.506 e. The minimum Gasteiger partial charge on any atom is -0.506 e. The van der Waals surface area contributed by atoms with E-state index >= 15 is 0 Å². The Hall–Kier alpha value is -1.57. The summed E-state index contributed by atoms with van der Waals surface area (Å²) in [5.74, 6) is 0.270. The molecular formula is C23H33Cl2N3O3. The molecule has 1 heterocycles. The molecule has 0 amide bonds. The molecule has 8 heteroatoms. The van der Waals surface area contributed by atoms with Crippen molar-refractivity contribution in [3.05, 3.63) is 51.8 Å². The zero-order chi connectivity index (χ0) is 22.5. The predicted octanol–water partition coefficient (Wildman–Crippen LogP) is 4.90. The van der Waals surface area contributed by atoms with Crippen LogP contribution in [-0.4, -0.2) is 41.5 Å². The fourth-order valence-electron chi connectivity index (χ4n) is 3.18. The first kappa shape index (κ1) is 25.7. The number of unbranched alkanes of at least 4 members (excludes halogenated alkanes) is 4. The lowest BCUT2D eigenvalue weighted by Gasteiger charge is -2.14. The highest BCUT2D eigenvalue weighted by Crippen LogP contribution is 2.31. The quantitative estimate of drug-likeness (QED) is 0.218. The van der Waals surface area contributed by atoms with Crippen molar-refractivity contribution in [3.8, 4) is 5.75 Å². The second-order valence-electron chi connectivity index (χ2n) is 7.57. The van der Waals surface area contributed by atoms with E-state index in [0.717, 1.165) is 70.4 Å². The van der Waals surface area contributed by atoms with E-state index in [1.165, 1.54) is 0 Å². The maximum absolute atomic E-state index is 10.2. The lowest BCUT2D eigenvalue weighted by atomic mass is 10.1. The highest BCUT2D eigenvalue weighted by molar-refractivity contribution is 6.38. The van der Waals surface area contributed by atoms with Crippen molar-refractivity contribution in [2.75, 3.05) is 32.0 Å². The summed E-state index contributed by atoms with van der Waals surface area (Å²) >= 11 is 12.0. The number of anilines is 1. The van der Waals surface area contributed by atoms with Gasteiger partial charge in [0.2, 0.25) is 0 Å². The van der Waals surface area contributed by atoms with Crippen LogP contribution < -0.4 is 11.1 Å². The molecule has 0 fully saturated rings. The van der Waals surface area contributed by atoms with Crippen LogP contribution in [0.1, 0.15) is 55.9 Å². The van der Waals surface area contributed by atoms with Crippen LogP contribution in [0, 0.1) is 0 Å². The predicted molar refractivity (Wildman–Crippen MR) is 127 cm³/mol. The topological polar surface area (TPSA) is 101 Å². The second kappa shape index (κ2) is 14.5. The van der Waals surface area contributed by atoms with Gasteiger partial charge in [-0.2, -0.15) is 0 Å². The number of nitrogens with two attached hydrogens (primary N) is 1. The van der Waals surface area contributed by atoms with Gasteiger partial charge >= 0.3 is 0 Å². The van der Waals surface area contributed by atoms with Crippen molar-refractivity contribution >= 4 is 28.9 Å². The van der Waals surface area contributed by atoms with Gasteiger partial charge in [0.05, 0.1) is 27.5 Å². The number of aryl methyl sites for hydroxylation is 1. The molecule has 0 radical (unpaired) electrons. The molecule has 1 atom stereocenters.